The maximum absolute atomic E-state index is 12.1. The van der Waals surface area contributed by atoms with Crippen LogP contribution in [-0.4, -0.2) is 25.4 Å². The average molecular weight is 389 g/mol. The topological polar surface area (TPSA) is 127 Å². The van der Waals surface area contributed by atoms with E-state index in [4.69, 9.17) is 5.73 Å². The first-order chi connectivity index (χ1) is 12.3. The maximum atomic E-state index is 12.1. The van der Waals surface area contributed by atoms with Crippen molar-refractivity contribution < 1.29 is 13.2 Å². The third-order valence-electron chi connectivity index (χ3n) is 3.30. The highest BCUT2D eigenvalue weighted by Gasteiger charge is 2.17. The van der Waals surface area contributed by atoms with Gasteiger partial charge < -0.3 is 5.73 Å². The highest BCUT2D eigenvalue weighted by molar-refractivity contribution is 7.90. The van der Waals surface area contributed by atoms with Gasteiger partial charge in [0.2, 0.25) is 11.1 Å². The number of carbonyl (C=O) groups is 1. The third kappa shape index (κ3) is 4.16. The number of carbonyl (C=O) groups excluding carboxylic acids is 1. The van der Waals surface area contributed by atoms with Gasteiger partial charge in [-0.25, -0.2) is 22.9 Å². The fourth-order valence-corrected chi connectivity index (χ4v) is 3.84. The minimum absolute atomic E-state index is 0.0278. The lowest BCUT2D eigenvalue weighted by molar-refractivity contribution is 0.250. The molecule has 1 aromatic heterocycles. The Balaban J connectivity index is 1.69. The van der Waals surface area contributed by atoms with Crippen LogP contribution < -0.4 is 15.8 Å². The minimum atomic E-state index is -4.00. The standard InChI is InChI=1S/C16H15N5O3S2/c1-10-6-8-11(9-7-10)26(23,24)21-15(22)19-14(17)20-16-18-12-4-2-3-5-13(12)25-16/h2-9H,1H3,(H4,17,18,19,20,21,22). The quantitative estimate of drug-likeness (QED) is 0.468. The molecule has 10 heteroatoms. The number of guanidine groups is 1. The number of aliphatic imine (C=N–C) groups is 1. The Morgan fingerprint density at radius 2 is 1.85 bits per heavy atom. The molecule has 0 atom stereocenters. The molecule has 4 N–H and O–H groups in total. The Labute approximate surface area is 153 Å². The summed E-state index contributed by atoms with van der Waals surface area (Å²) in [5.41, 5.74) is 7.32. The van der Waals surface area contributed by atoms with Gasteiger partial charge in [-0.3, -0.25) is 5.32 Å². The molecule has 1 heterocycles. The monoisotopic (exact) mass is 389 g/mol. The van der Waals surface area contributed by atoms with Gasteiger partial charge in [-0.1, -0.05) is 41.2 Å². The van der Waals surface area contributed by atoms with E-state index in [0.29, 0.717) is 5.13 Å². The first-order valence-electron chi connectivity index (χ1n) is 7.44. The SMILES string of the molecule is Cc1ccc(S(=O)(=O)NC(=O)N/C(N)=N/c2nc3ccccc3s2)cc1. The number of nitrogens with zero attached hydrogens (tertiary/aromatic N) is 2. The highest BCUT2D eigenvalue weighted by atomic mass is 32.2. The number of fused-ring (bicyclic) bond motifs is 1. The molecule has 0 saturated heterocycles. The van der Waals surface area contributed by atoms with E-state index in [-0.39, 0.29) is 10.9 Å². The van der Waals surface area contributed by atoms with Crippen LogP contribution in [0.4, 0.5) is 9.93 Å². The van der Waals surface area contributed by atoms with E-state index < -0.39 is 16.1 Å². The number of sulfonamides is 1. The van der Waals surface area contributed by atoms with Crippen LogP contribution >= 0.6 is 11.3 Å². The molecule has 0 aliphatic rings. The summed E-state index contributed by atoms with van der Waals surface area (Å²) in [6.45, 7) is 1.83. The second-order valence-electron chi connectivity index (χ2n) is 5.33. The third-order valence-corrected chi connectivity index (χ3v) is 5.58. The predicted molar refractivity (Wildman–Crippen MR) is 101 cm³/mol. The first kappa shape index (κ1) is 17.8. The number of rotatable bonds is 3. The van der Waals surface area contributed by atoms with E-state index in [1.807, 2.05) is 35.9 Å². The van der Waals surface area contributed by atoms with Crippen LogP contribution in [0.25, 0.3) is 10.2 Å². The molecule has 2 amide bonds. The van der Waals surface area contributed by atoms with E-state index in [9.17, 15) is 13.2 Å². The van der Waals surface area contributed by atoms with Gasteiger partial charge in [0, 0.05) is 0 Å². The fraction of sp³-hybridized carbons (Fsp3) is 0.0625. The summed E-state index contributed by atoms with van der Waals surface area (Å²) in [4.78, 5) is 20.1. The lowest BCUT2D eigenvalue weighted by Gasteiger charge is -2.08. The molecule has 0 aliphatic heterocycles. The average Bonchev–Trinajstić information content (AvgIpc) is 2.96. The summed E-state index contributed by atoms with van der Waals surface area (Å²) < 4.78 is 27.1. The van der Waals surface area contributed by atoms with Crippen molar-refractivity contribution in [2.75, 3.05) is 0 Å². The predicted octanol–water partition coefficient (Wildman–Crippen LogP) is 2.24. The van der Waals surface area contributed by atoms with Crippen molar-refractivity contribution in [1.82, 2.24) is 15.0 Å². The smallest absolute Gasteiger partial charge is 0.335 e. The number of benzene rings is 2. The van der Waals surface area contributed by atoms with E-state index in [1.165, 1.54) is 23.5 Å². The molecule has 3 aromatic rings. The van der Waals surface area contributed by atoms with Crippen LogP contribution in [0, 0.1) is 6.92 Å². The normalized spacial score (nSPS) is 12.1. The van der Waals surface area contributed by atoms with E-state index in [2.05, 4.69) is 15.3 Å². The van der Waals surface area contributed by atoms with Gasteiger partial charge in [-0.2, -0.15) is 4.99 Å². The maximum Gasteiger partial charge on any atom is 0.335 e. The van der Waals surface area contributed by atoms with Crippen LogP contribution in [0.2, 0.25) is 0 Å². The Bertz CT molecular complexity index is 1060. The molecule has 26 heavy (non-hydrogen) atoms. The molecule has 8 nitrogen and oxygen atoms in total. The van der Waals surface area contributed by atoms with E-state index >= 15 is 0 Å². The number of aromatic nitrogens is 1. The zero-order valence-electron chi connectivity index (χ0n) is 13.6. The molecule has 0 unspecified atom stereocenters. The van der Waals surface area contributed by atoms with Gasteiger partial charge in [0.1, 0.15) is 0 Å². The second kappa shape index (κ2) is 7.10. The largest absolute Gasteiger partial charge is 0.369 e. The highest BCUT2D eigenvalue weighted by Crippen LogP contribution is 2.27. The molecule has 0 radical (unpaired) electrons. The molecule has 2 aromatic carbocycles. The number of nitrogens with one attached hydrogen (secondary N) is 2. The van der Waals surface area contributed by atoms with Crippen molar-refractivity contribution in [3.8, 4) is 0 Å². The van der Waals surface area contributed by atoms with Crippen LogP contribution in [0.15, 0.2) is 58.4 Å². The number of hydrogen-bond acceptors (Lipinski definition) is 6. The number of thiazole rings is 1. The van der Waals surface area contributed by atoms with Crippen molar-refractivity contribution in [1.29, 1.82) is 0 Å². The van der Waals surface area contributed by atoms with Crippen molar-refractivity contribution in [2.45, 2.75) is 11.8 Å². The van der Waals surface area contributed by atoms with Gasteiger partial charge in [0.15, 0.2) is 0 Å². The van der Waals surface area contributed by atoms with Crippen molar-refractivity contribution in [2.24, 2.45) is 10.7 Å². The van der Waals surface area contributed by atoms with Crippen LogP contribution in [0.3, 0.4) is 0 Å². The van der Waals surface area contributed by atoms with Crippen LogP contribution in [0.5, 0.6) is 0 Å². The summed E-state index contributed by atoms with van der Waals surface area (Å²) >= 11 is 1.30. The van der Waals surface area contributed by atoms with Gasteiger partial charge in [0.05, 0.1) is 15.1 Å². The van der Waals surface area contributed by atoms with Crippen molar-refractivity contribution >= 4 is 48.7 Å². The van der Waals surface area contributed by atoms with Crippen molar-refractivity contribution in [3.63, 3.8) is 0 Å². The Hall–Kier alpha value is -2.98. The van der Waals surface area contributed by atoms with Gasteiger partial charge in [-0.15, -0.1) is 0 Å². The molecular weight excluding hydrogens is 374 g/mol. The lowest BCUT2D eigenvalue weighted by Crippen LogP contribution is -2.45. The van der Waals surface area contributed by atoms with Crippen LogP contribution in [-0.2, 0) is 10.0 Å². The molecular formula is C16H15N5O3S2. The molecule has 0 bridgehead atoms. The molecule has 134 valence electrons. The summed E-state index contributed by atoms with van der Waals surface area (Å²) in [6, 6.07) is 12.5. The summed E-state index contributed by atoms with van der Waals surface area (Å²) in [6.07, 6.45) is 0. The molecule has 0 aliphatic carbocycles. The second-order valence-corrected chi connectivity index (χ2v) is 8.03. The summed E-state index contributed by atoms with van der Waals surface area (Å²) in [7, 11) is -4.00. The number of aryl methyl sites for hydroxylation is 1. The zero-order valence-corrected chi connectivity index (χ0v) is 15.3. The van der Waals surface area contributed by atoms with Gasteiger partial charge in [-0.05, 0) is 31.2 Å². The number of para-hydroxylation sites is 1. The first-order valence-corrected chi connectivity index (χ1v) is 9.74. The minimum Gasteiger partial charge on any atom is -0.369 e. The zero-order chi connectivity index (χ0) is 18.7. The lowest BCUT2D eigenvalue weighted by atomic mass is 10.2. The van der Waals surface area contributed by atoms with Gasteiger partial charge in [0.25, 0.3) is 10.0 Å². The summed E-state index contributed by atoms with van der Waals surface area (Å²) in [5.74, 6) is -0.263. The Morgan fingerprint density at radius 1 is 1.15 bits per heavy atom. The fourth-order valence-electron chi connectivity index (χ4n) is 2.08. The molecule has 0 fully saturated rings. The number of nitrogens with two attached hydrogens (primary N) is 1. The number of amides is 2. The van der Waals surface area contributed by atoms with Crippen LogP contribution in [0.1, 0.15) is 5.56 Å². The Morgan fingerprint density at radius 3 is 2.54 bits per heavy atom. The molecule has 0 spiro atoms. The van der Waals surface area contributed by atoms with E-state index in [0.717, 1.165) is 15.8 Å². The number of urea groups is 1. The molecule has 3 rings (SSSR count). The number of hydrogen-bond donors (Lipinski definition) is 3. The van der Waals surface area contributed by atoms with E-state index in [1.54, 1.807) is 12.1 Å². The van der Waals surface area contributed by atoms with Crippen molar-refractivity contribution in [3.05, 3.63) is 54.1 Å². The summed E-state index contributed by atoms with van der Waals surface area (Å²) in [5, 5.41) is 2.53. The molecule has 0 saturated carbocycles. The Kier molecular flexibility index (Phi) is 4.87. The van der Waals surface area contributed by atoms with Gasteiger partial charge >= 0.3 is 6.03 Å².